The molecule has 0 aliphatic heterocycles. The molecule has 2 nitrogen and oxygen atoms in total. The fourth-order valence-corrected chi connectivity index (χ4v) is 2.25. The first-order valence-corrected chi connectivity index (χ1v) is 7.41. The Morgan fingerprint density at radius 3 is 1.67 bits per heavy atom. The highest BCUT2D eigenvalue weighted by molar-refractivity contribution is 6.12. The Hall–Kier alpha value is -3.14. The third-order valence-electron chi connectivity index (χ3n) is 3.44. The molecule has 0 N–H and O–H groups in total. The topological polar surface area (TPSA) is 24.7 Å². The third kappa shape index (κ3) is 3.60. The standard InChI is InChI=1S/C20H14F2N2/c21-18-12-7-13-19(22)17(18)14-23-24-20(15-8-3-1-4-9-15)16-10-5-2-6-11-16/h1-14H/b23-14+. The van der Waals surface area contributed by atoms with Gasteiger partial charge in [-0.05, 0) is 12.1 Å². The van der Waals surface area contributed by atoms with Crippen molar-refractivity contribution >= 4 is 11.9 Å². The number of rotatable bonds is 4. The van der Waals surface area contributed by atoms with E-state index in [1.807, 2.05) is 60.7 Å². The molecule has 0 aliphatic rings. The lowest BCUT2D eigenvalue weighted by molar-refractivity contribution is 0.580. The number of nitrogens with zero attached hydrogens (tertiary/aromatic N) is 2. The van der Waals surface area contributed by atoms with Gasteiger partial charge in [0.05, 0.1) is 11.8 Å². The molecular weight excluding hydrogens is 306 g/mol. The highest BCUT2D eigenvalue weighted by Gasteiger charge is 2.07. The minimum Gasteiger partial charge on any atom is -0.206 e. The van der Waals surface area contributed by atoms with Gasteiger partial charge in [0.25, 0.3) is 0 Å². The first kappa shape index (κ1) is 15.7. The van der Waals surface area contributed by atoms with Gasteiger partial charge in [0.15, 0.2) is 0 Å². The quantitative estimate of drug-likeness (QED) is 0.485. The van der Waals surface area contributed by atoms with Crippen molar-refractivity contribution in [3.63, 3.8) is 0 Å². The number of benzene rings is 3. The summed E-state index contributed by atoms with van der Waals surface area (Å²) in [7, 11) is 0. The number of halogens is 2. The zero-order valence-electron chi connectivity index (χ0n) is 12.7. The molecule has 0 atom stereocenters. The molecule has 0 amide bonds. The molecule has 0 heterocycles. The normalized spacial score (nSPS) is 10.8. The first-order valence-electron chi connectivity index (χ1n) is 7.41. The second-order valence-corrected chi connectivity index (χ2v) is 5.06. The van der Waals surface area contributed by atoms with Crippen LogP contribution in [0.2, 0.25) is 0 Å². The third-order valence-corrected chi connectivity index (χ3v) is 3.44. The Labute approximate surface area is 138 Å². The van der Waals surface area contributed by atoms with Gasteiger partial charge in [-0.2, -0.15) is 5.10 Å². The predicted molar refractivity (Wildman–Crippen MR) is 92.5 cm³/mol. The SMILES string of the molecule is Fc1cccc(F)c1/C=N/N=C(c1ccccc1)c1ccccc1. The molecule has 0 bridgehead atoms. The van der Waals surface area contributed by atoms with E-state index < -0.39 is 11.6 Å². The average Bonchev–Trinajstić information content (AvgIpc) is 2.62. The molecule has 3 rings (SSSR count). The van der Waals surface area contributed by atoms with Gasteiger partial charge < -0.3 is 0 Å². The average molecular weight is 320 g/mol. The van der Waals surface area contributed by atoms with Gasteiger partial charge in [-0.1, -0.05) is 66.7 Å². The van der Waals surface area contributed by atoms with Crippen molar-refractivity contribution < 1.29 is 8.78 Å². The lowest BCUT2D eigenvalue weighted by atomic mass is 10.0. The fourth-order valence-electron chi connectivity index (χ4n) is 2.25. The zero-order chi connectivity index (χ0) is 16.8. The fraction of sp³-hybridized carbons (Fsp3) is 0. The maximum Gasteiger partial charge on any atom is 0.134 e. The molecule has 4 heteroatoms. The molecule has 0 saturated heterocycles. The summed E-state index contributed by atoms with van der Waals surface area (Å²) in [6, 6.07) is 22.7. The molecule has 0 fully saturated rings. The van der Waals surface area contributed by atoms with Crippen LogP contribution >= 0.6 is 0 Å². The van der Waals surface area contributed by atoms with E-state index in [4.69, 9.17) is 0 Å². The van der Waals surface area contributed by atoms with Crippen LogP contribution in [0, 0.1) is 11.6 Å². The lowest BCUT2D eigenvalue weighted by Gasteiger charge is -2.05. The summed E-state index contributed by atoms with van der Waals surface area (Å²) in [6.45, 7) is 0. The largest absolute Gasteiger partial charge is 0.206 e. The van der Waals surface area contributed by atoms with Crippen molar-refractivity contribution in [1.82, 2.24) is 0 Å². The maximum absolute atomic E-state index is 13.6. The van der Waals surface area contributed by atoms with Crippen molar-refractivity contribution in [3.05, 3.63) is 107 Å². The van der Waals surface area contributed by atoms with Gasteiger partial charge in [-0.3, -0.25) is 0 Å². The van der Waals surface area contributed by atoms with Gasteiger partial charge in [0.1, 0.15) is 17.3 Å². The van der Waals surface area contributed by atoms with E-state index in [2.05, 4.69) is 10.2 Å². The van der Waals surface area contributed by atoms with Crippen LogP contribution in [-0.4, -0.2) is 11.9 Å². The van der Waals surface area contributed by atoms with Crippen molar-refractivity contribution in [1.29, 1.82) is 0 Å². The van der Waals surface area contributed by atoms with E-state index in [-0.39, 0.29) is 5.56 Å². The summed E-state index contributed by atoms with van der Waals surface area (Å²) in [6.07, 6.45) is 1.09. The molecule has 118 valence electrons. The number of hydrogen-bond donors (Lipinski definition) is 0. The molecule has 24 heavy (non-hydrogen) atoms. The van der Waals surface area contributed by atoms with Crippen LogP contribution in [0.15, 0.2) is 89.1 Å². The van der Waals surface area contributed by atoms with Gasteiger partial charge >= 0.3 is 0 Å². The van der Waals surface area contributed by atoms with Crippen LogP contribution in [-0.2, 0) is 0 Å². The van der Waals surface area contributed by atoms with Gasteiger partial charge in [-0.25, -0.2) is 8.78 Å². The van der Waals surface area contributed by atoms with E-state index in [0.29, 0.717) is 5.71 Å². The van der Waals surface area contributed by atoms with Crippen LogP contribution < -0.4 is 0 Å². The van der Waals surface area contributed by atoms with Crippen LogP contribution in [0.1, 0.15) is 16.7 Å². The Bertz CT molecular complexity index is 811. The van der Waals surface area contributed by atoms with Crippen molar-refractivity contribution in [2.45, 2.75) is 0 Å². The highest BCUT2D eigenvalue weighted by Crippen LogP contribution is 2.12. The maximum atomic E-state index is 13.6. The van der Waals surface area contributed by atoms with Crippen LogP contribution in [0.4, 0.5) is 8.78 Å². The summed E-state index contributed by atoms with van der Waals surface area (Å²) < 4.78 is 27.3. The Kier molecular flexibility index (Phi) is 4.87. The molecular formula is C20H14F2N2. The lowest BCUT2D eigenvalue weighted by Crippen LogP contribution is -2.02. The smallest absolute Gasteiger partial charge is 0.134 e. The minimum atomic E-state index is -0.671. The number of hydrogen-bond acceptors (Lipinski definition) is 2. The minimum absolute atomic E-state index is 0.207. The Morgan fingerprint density at radius 1 is 0.667 bits per heavy atom. The monoisotopic (exact) mass is 320 g/mol. The van der Waals surface area contributed by atoms with Crippen LogP contribution in [0.25, 0.3) is 0 Å². The predicted octanol–water partition coefficient (Wildman–Crippen LogP) is 4.84. The van der Waals surface area contributed by atoms with Gasteiger partial charge in [0.2, 0.25) is 0 Å². The van der Waals surface area contributed by atoms with Crippen molar-refractivity contribution in [2.75, 3.05) is 0 Å². The molecule has 0 saturated carbocycles. The summed E-state index contributed by atoms with van der Waals surface area (Å²) in [5.41, 5.74) is 2.16. The Balaban J connectivity index is 2.00. The first-order chi connectivity index (χ1) is 11.8. The summed E-state index contributed by atoms with van der Waals surface area (Å²) in [4.78, 5) is 0. The molecule has 3 aromatic rings. The summed E-state index contributed by atoms with van der Waals surface area (Å²) in [5.74, 6) is -1.34. The van der Waals surface area contributed by atoms with Crippen LogP contribution in [0.5, 0.6) is 0 Å². The molecule has 0 spiro atoms. The van der Waals surface area contributed by atoms with Crippen LogP contribution in [0.3, 0.4) is 0 Å². The summed E-state index contributed by atoms with van der Waals surface area (Å²) in [5, 5.41) is 8.09. The Morgan fingerprint density at radius 2 is 1.17 bits per heavy atom. The van der Waals surface area contributed by atoms with Crippen molar-refractivity contribution in [3.8, 4) is 0 Å². The molecule has 0 aromatic heterocycles. The van der Waals surface area contributed by atoms with E-state index in [9.17, 15) is 8.78 Å². The second-order valence-electron chi connectivity index (χ2n) is 5.06. The zero-order valence-corrected chi connectivity index (χ0v) is 12.7. The molecule has 3 aromatic carbocycles. The molecule has 0 radical (unpaired) electrons. The summed E-state index contributed by atoms with van der Waals surface area (Å²) >= 11 is 0. The van der Waals surface area contributed by atoms with E-state index in [0.717, 1.165) is 17.3 Å². The second kappa shape index (κ2) is 7.42. The van der Waals surface area contributed by atoms with E-state index in [1.165, 1.54) is 18.2 Å². The van der Waals surface area contributed by atoms with Crippen molar-refractivity contribution in [2.24, 2.45) is 10.2 Å². The molecule has 0 unspecified atom stereocenters. The highest BCUT2D eigenvalue weighted by atomic mass is 19.1. The molecule has 0 aliphatic carbocycles. The van der Waals surface area contributed by atoms with Gasteiger partial charge in [0, 0.05) is 11.1 Å². The van der Waals surface area contributed by atoms with E-state index >= 15 is 0 Å². The van der Waals surface area contributed by atoms with E-state index in [1.54, 1.807) is 0 Å². The van der Waals surface area contributed by atoms with Gasteiger partial charge in [-0.15, -0.1) is 5.10 Å².